The van der Waals surface area contributed by atoms with E-state index < -0.39 is 0 Å². The maximum absolute atomic E-state index is 12.2. The normalized spacial score (nSPS) is 19.4. The maximum atomic E-state index is 12.2. The van der Waals surface area contributed by atoms with Crippen LogP contribution in [0, 0.1) is 0 Å². The Kier molecular flexibility index (Phi) is 5.66. The number of urea groups is 1. The second-order valence-electron chi connectivity index (χ2n) is 5.39. The molecule has 1 fully saturated rings. The SMILES string of the molecule is CCNC(=O)CN(CC)C(=O)N[C@H]1C[C@H]1c1ccccc1Cl. The lowest BCUT2D eigenvalue weighted by atomic mass is 10.1. The van der Waals surface area contributed by atoms with Gasteiger partial charge in [0.1, 0.15) is 6.54 Å². The minimum atomic E-state index is -0.201. The molecule has 0 saturated heterocycles. The second kappa shape index (κ2) is 7.49. The minimum absolute atomic E-state index is 0.0830. The molecule has 1 aliphatic carbocycles. The highest BCUT2D eigenvalue weighted by molar-refractivity contribution is 6.31. The first-order chi connectivity index (χ1) is 10.6. The van der Waals surface area contributed by atoms with Gasteiger partial charge in [0.05, 0.1) is 0 Å². The zero-order valence-electron chi connectivity index (χ0n) is 12.9. The monoisotopic (exact) mass is 323 g/mol. The van der Waals surface area contributed by atoms with Crippen LogP contribution in [0.3, 0.4) is 0 Å². The molecule has 5 nitrogen and oxygen atoms in total. The van der Waals surface area contributed by atoms with Gasteiger partial charge in [0, 0.05) is 30.1 Å². The van der Waals surface area contributed by atoms with Crippen molar-refractivity contribution in [2.24, 2.45) is 0 Å². The van der Waals surface area contributed by atoms with Crippen LogP contribution < -0.4 is 10.6 Å². The summed E-state index contributed by atoms with van der Waals surface area (Å²) < 4.78 is 0. The molecule has 120 valence electrons. The van der Waals surface area contributed by atoms with E-state index in [-0.39, 0.29) is 30.4 Å². The van der Waals surface area contributed by atoms with Gasteiger partial charge in [-0.15, -0.1) is 0 Å². The number of likely N-dealkylation sites (N-methyl/N-ethyl adjacent to an activating group) is 2. The van der Waals surface area contributed by atoms with E-state index >= 15 is 0 Å². The van der Waals surface area contributed by atoms with Gasteiger partial charge in [-0.3, -0.25) is 4.79 Å². The number of hydrogen-bond acceptors (Lipinski definition) is 2. The molecule has 1 aromatic rings. The molecule has 0 aromatic heterocycles. The quantitative estimate of drug-likeness (QED) is 0.844. The molecule has 2 N–H and O–H groups in total. The fraction of sp³-hybridized carbons (Fsp3) is 0.500. The molecule has 6 heteroatoms. The number of amides is 3. The summed E-state index contributed by atoms with van der Waals surface area (Å²) in [6.07, 6.45) is 0.883. The van der Waals surface area contributed by atoms with Gasteiger partial charge in [0.2, 0.25) is 5.91 Å². The van der Waals surface area contributed by atoms with Crippen LogP contribution in [0.1, 0.15) is 31.7 Å². The second-order valence-corrected chi connectivity index (χ2v) is 5.79. The van der Waals surface area contributed by atoms with Crippen LogP contribution in [0.25, 0.3) is 0 Å². The average molecular weight is 324 g/mol. The first kappa shape index (κ1) is 16.6. The number of halogens is 1. The molecule has 0 spiro atoms. The molecule has 1 saturated carbocycles. The van der Waals surface area contributed by atoms with E-state index in [0.717, 1.165) is 17.0 Å². The largest absolute Gasteiger partial charge is 0.355 e. The molecule has 1 aromatic carbocycles. The molecule has 0 aliphatic heterocycles. The van der Waals surface area contributed by atoms with E-state index in [0.29, 0.717) is 13.1 Å². The van der Waals surface area contributed by atoms with Crippen molar-refractivity contribution in [3.05, 3.63) is 34.9 Å². The Labute approximate surface area is 136 Å². The van der Waals surface area contributed by atoms with Crippen LogP contribution in [0.15, 0.2) is 24.3 Å². The Bertz CT molecular complexity index is 550. The number of hydrogen-bond donors (Lipinski definition) is 2. The summed E-state index contributed by atoms with van der Waals surface area (Å²) in [6, 6.07) is 7.59. The zero-order valence-corrected chi connectivity index (χ0v) is 13.7. The van der Waals surface area contributed by atoms with E-state index in [1.807, 2.05) is 38.1 Å². The Balaban J connectivity index is 1.87. The number of nitrogens with one attached hydrogen (secondary N) is 2. The summed E-state index contributed by atoms with van der Waals surface area (Å²) in [7, 11) is 0. The highest BCUT2D eigenvalue weighted by atomic mass is 35.5. The van der Waals surface area contributed by atoms with Gasteiger partial charge in [-0.1, -0.05) is 29.8 Å². The summed E-state index contributed by atoms with van der Waals surface area (Å²) >= 11 is 6.18. The van der Waals surface area contributed by atoms with E-state index in [1.54, 1.807) is 0 Å². The smallest absolute Gasteiger partial charge is 0.318 e. The lowest BCUT2D eigenvalue weighted by molar-refractivity contribution is -0.121. The Morgan fingerprint density at radius 1 is 1.32 bits per heavy atom. The predicted molar refractivity (Wildman–Crippen MR) is 87.1 cm³/mol. The highest BCUT2D eigenvalue weighted by Gasteiger charge is 2.41. The molecule has 1 aliphatic rings. The summed E-state index contributed by atoms with van der Waals surface area (Å²) in [5, 5.41) is 6.41. The molecular formula is C16H22ClN3O2. The molecule has 3 amide bonds. The van der Waals surface area contributed by atoms with E-state index in [4.69, 9.17) is 11.6 Å². The van der Waals surface area contributed by atoms with E-state index in [1.165, 1.54) is 4.90 Å². The molecule has 2 rings (SSSR count). The summed E-state index contributed by atoms with van der Waals surface area (Å²) in [6.45, 7) is 4.85. The van der Waals surface area contributed by atoms with Gasteiger partial charge in [0.25, 0.3) is 0 Å². The Morgan fingerprint density at radius 2 is 2.05 bits per heavy atom. The van der Waals surface area contributed by atoms with Crippen molar-refractivity contribution in [1.82, 2.24) is 15.5 Å². The third-order valence-corrected chi connectivity index (χ3v) is 4.13. The summed E-state index contributed by atoms with van der Waals surface area (Å²) in [5.74, 6) is 0.124. The topological polar surface area (TPSA) is 61.4 Å². The molecule has 0 heterocycles. The standard InChI is InChI=1S/C16H22ClN3O2/c1-3-18-15(21)10-20(4-2)16(22)19-14-9-12(14)11-7-5-6-8-13(11)17/h5-8,12,14H,3-4,9-10H2,1-2H3,(H,18,21)(H,19,22)/t12-,14-/m0/s1. The highest BCUT2D eigenvalue weighted by Crippen LogP contribution is 2.43. The first-order valence-corrected chi connectivity index (χ1v) is 8.01. The number of rotatable bonds is 6. The first-order valence-electron chi connectivity index (χ1n) is 7.63. The van der Waals surface area contributed by atoms with Crippen molar-refractivity contribution in [1.29, 1.82) is 0 Å². The van der Waals surface area contributed by atoms with Gasteiger partial charge >= 0.3 is 6.03 Å². The zero-order chi connectivity index (χ0) is 16.1. The van der Waals surface area contributed by atoms with Gasteiger partial charge < -0.3 is 15.5 Å². The molecule has 0 unspecified atom stereocenters. The number of benzene rings is 1. The van der Waals surface area contributed by atoms with Crippen molar-refractivity contribution in [3.8, 4) is 0 Å². The van der Waals surface area contributed by atoms with E-state index in [9.17, 15) is 9.59 Å². The molecular weight excluding hydrogens is 302 g/mol. The van der Waals surface area contributed by atoms with Crippen LogP contribution in [0.4, 0.5) is 4.79 Å². The van der Waals surface area contributed by atoms with Gasteiger partial charge in [-0.05, 0) is 31.9 Å². The molecule has 0 radical (unpaired) electrons. The Hall–Kier alpha value is -1.75. The van der Waals surface area contributed by atoms with Crippen LogP contribution in [-0.2, 0) is 4.79 Å². The van der Waals surface area contributed by atoms with Crippen molar-refractivity contribution in [2.45, 2.75) is 32.2 Å². The van der Waals surface area contributed by atoms with Crippen LogP contribution in [0.5, 0.6) is 0 Å². The fourth-order valence-corrected chi connectivity index (χ4v) is 2.75. The van der Waals surface area contributed by atoms with E-state index in [2.05, 4.69) is 10.6 Å². The lowest BCUT2D eigenvalue weighted by Crippen LogP contribution is -2.46. The molecule has 22 heavy (non-hydrogen) atoms. The van der Waals surface area contributed by atoms with Crippen LogP contribution in [-0.4, -0.2) is 42.5 Å². The third kappa shape index (κ3) is 4.13. The van der Waals surface area contributed by atoms with Gasteiger partial charge in [-0.25, -0.2) is 4.79 Å². The molecule has 2 atom stereocenters. The molecule has 0 bridgehead atoms. The van der Waals surface area contributed by atoms with Crippen molar-refractivity contribution in [3.63, 3.8) is 0 Å². The number of nitrogens with zero attached hydrogens (tertiary/aromatic N) is 1. The Morgan fingerprint density at radius 3 is 2.68 bits per heavy atom. The summed E-state index contributed by atoms with van der Waals surface area (Å²) in [5.41, 5.74) is 1.07. The maximum Gasteiger partial charge on any atom is 0.318 e. The number of carbonyl (C=O) groups excluding carboxylic acids is 2. The lowest BCUT2D eigenvalue weighted by Gasteiger charge is -2.21. The van der Waals surface area contributed by atoms with Crippen molar-refractivity contribution < 1.29 is 9.59 Å². The average Bonchev–Trinajstić information content (AvgIpc) is 3.24. The third-order valence-electron chi connectivity index (χ3n) is 3.78. The van der Waals surface area contributed by atoms with Crippen molar-refractivity contribution in [2.75, 3.05) is 19.6 Å². The van der Waals surface area contributed by atoms with Crippen molar-refractivity contribution >= 4 is 23.5 Å². The minimum Gasteiger partial charge on any atom is -0.355 e. The summed E-state index contributed by atoms with van der Waals surface area (Å²) in [4.78, 5) is 25.3. The fourth-order valence-electron chi connectivity index (χ4n) is 2.48. The van der Waals surface area contributed by atoms with Crippen LogP contribution >= 0.6 is 11.6 Å². The van der Waals surface area contributed by atoms with Crippen LogP contribution in [0.2, 0.25) is 5.02 Å². The predicted octanol–water partition coefficient (Wildman–Crippen LogP) is 2.36. The van der Waals surface area contributed by atoms with Gasteiger partial charge in [0.15, 0.2) is 0 Å². The number of carbonyl (C=O) groups is 2. The van der Waals surface area contributed by atoms with Gasteiger partial charge in [-0.2, -0.15) is 0 Å².